The number of para-hydroxylation sites is 4. The number of hydrogen-bond donors (Lipinski definition) is 0. The summed E-state index contributed by atoms with van der Waals surface area (Å²) in [5, 5.41) is 8.82. The molecule has 1 fully saturated rings. The summed E-state index contributed by atoms with van der Waals surface area (Å²) >= 11 is 6.40. The summed E-state index contributed by atoms with van der Waals surface area (Å²) in [4.78, 5) is 29.5. The lowest BCUT2D eigenvalue weighted by molar-refractivity contribution is 0.00578. The monoisotopic (exact) mass is 1140 g/mol. The van der Waals surface area contributed by atoms with Gasteiger partial charge in [-0.05, 0) is 94.4 Å². The Morgan fingerprint density at radius 1 is 0.291 bits per heavy atom. The molecule has 1 aliphatic rings. The van der Waals surface area contributed by atoms with Crippen LogP contribution in [0, 0.1) is 0 Å². The maximum Gasteiger partial charge on any atom is 0.498 e. The zero-order valence-corrected chi connectivity index (χ0v) is 47.6. The van der Waals surface area contributed by atoms with E-state index in [-0.39, 0.29) is 0 Å². The van der Waals surface area contributed by atoms with Crippen LogP contribution in [0.1, 0.15) is 27.7 Å². The van der Waals surface area contributed by atoms with E-state index in [1.807, 2.05) is 182 Å². The van der Waals surface area contributed by atoms with E-state index in [0.717, 1.165) is 121 Å². The van der Waals surface area contributed by atoms with Gasteiger partial charge in [-0.3, -0.25) is 0 Å². The molecule has 86 heavy (non-hydrogen) atoms. The molecule has 412 valence electrons. The third-order valence-corrected chi connectivity index (χ3v) is 16.9. The van der Waals surface area contributed by atoms with Crippen LogP contribution < -0.4 is 5.46 Å². The molecule has 0 unspecified atom stereocenters. The molecule has 14 heteroatoms. The van der Waals surface area contributed by atoms with Crippen LogP contribution in [0.5, 0.6) is 0 Å². The minimum atomic E-state index is -0.535. The van der Waals surface area contributed by atoms with E-state index in [1.54, 1.807) is 0 Å². The second-order valence-corrected chi connectivity index (χ2v) is 22.9. The van der Waals surface area contributed by atoms with E-state index in [1.165, 1.54) is 0 Å². The zero-order valence-electron chi connectivity index (χ0n) is 46.9. The van der Waals surface area contributed by atoms with Crippen molar-refractivity contribution in [2.24, 2.45) is 0 Å². The summed E-state index contributed by atoms with van der Waals surface area (Å²) < 4.78 is 37.8. The molecule has 1 saturated heterocycles. The number of rotatable bonds is 7. The van der Waals surface area contributed by atoms with E-state index in [9.17, 15) is 0 Å². The van der Waals surface area contributed by atoms with E-state index in [2.05, 4.69) is 64.1 Å². The van der Waals surface area contributed by atoms with Crippen LogP contribution in [0.4, 0.5) is 0 Å². The molecule has 6 aromatic heterocycles. The van der Waals surface area contributed by atoms with Crippen molar-refractivity contribution in [1.82, 2.24) is 29.9 Å². The number of benzene rings is 10. The molecule has 0 bridgehead atoms. The van der Waals surface area contributed by atoms with E-state index < -0.39 is 18.3 Å². The summed E-state index contributed by atoms with van der Waals surface area (Å²) in [6.45, 7) is 8.22. The molecule has 0 amide bonds. The van der Waals surface area contributed by atoms with Gasteiger partial charge in [0, 0.05) is 81.9 Å². The molecule has 0 atom stereocenters. The van der Waals surface area contributed by atoms with Crippen molar-refractivity contribution in [3.8, 4) is 68.3 Å². The third kappa shape index (κ3) is 8.77. The van der Waals surface area contributed by atoms with Crippen LogP contribution in [-0.4, -0.2) is 48.2 Å². The van der Waals surface area contributed by atoms with Crippen LogP contribution in [0.15, 0.2) is 236 Å². The molecule has 0 spiro atoms. The second kappa shape index (κ2) is 19.9. The largest absolute Gasteiger partial charge is 0.498 e. The van der Waals surface area contributed by atoms with Crippen LogP contribution >= 0.6 is 11.6 Å². The highest BCUT2D eigenvalue weighted by Crippen LogP contribution is 2.41. The van der Waals surface area contributed by atoms with Gasteiger partial charge >= 0.3 is 7.12 Å². The number of fused-ring (bicyclic) bond motifs is 12. The Bertz CT molecular complexity index is 5350. The van der Waals surface area contributed by atoms with Crippen LogP contribution in [0.3, 0.4) is 0 Å². The van der Waals surface area contributed by atoms with Crippen LogP contribution in [0.2, 0.25) is 5.02 Å². The molecule has 1 aliphatic heterocycles. The first-order valence-corrected chi connectivity index (χ1v) is 28.7. The van der Waals surface area contributed by atoms with Crippen molar-refractivity contribution >= 4 is 112 Å². The fraction of sp³-hybridized carbons (Fsp3) is 0.0833. The van der Waals surface area contributed by atoms with Crippen molar-refractivity contribution < 1.29 is 27.0 Å². The lowest BCUT2D eigenvalue weighted by atomic mass is 9.78. The zero-order chi connectivity index (χ0) is 57.8. The Hall–Kier alpha value is -10.3. The lowest BCUT2D eigenvalue weighted by Gasteiger charge is -2.32. The van der Waals surface area contributed by atoms with Crippen molar-refractivity contribution in [2.75, 3.05) is 0 Å². The highest BCUT2D eigenvalue weighted by molar-refractivity contribution is 6.65. The number of furan rings is 4. The first-order valence-electron chi connectivity index (χ1n) is 28.3. The predicted octanol–water partition coefficient (Wildman–Crippen LogP) is 18.3. The Balaban J connectivity index is 0.000000142. The summed E-state index contributed by atoms with van der Waals surface area (Å²) in [5.41, 5.74) is 11.2. The maximum atomic E-state index is 6.56. The first-order chi connectivity index (χ1) is 41.9. The average Bonchev–Trinajstić information content (AvgIpc) is 2.22. The molecular formula is C72H48BClN6O6. The van der Waals surface area contributed by atoms with Gasteiger partial charge in [-0.25, -0.2) is 29.9 Å². The molecule has 0 radical (unpaired) electrons. The highest BCUT2D eigenvalue weighted by atomic mass is 35.5. The lowest BCUT2D eigenvalue weighted by Crippen LogP contribution is -2.41. The van der Waals surface area contributed by atoms with Gasteiger partial charge in [0.15, 0.2) is 40.5 Å². The minimum absolute atomic E-state index is 0.458. The number of halogens is 1. The van der Waals surface area contributed by atoms with Crippen molar-refractivity contribution in [3.05, 3.63) is 223 Å². The van der Waals surface area contributed by atoms with E-state index in [4.69, 9.17) is 68.5 Å². The Kier molecular flexibility index (Phi) is 11.9. The van der Waals surface area contributed by atoms with Gasteiger partial charge in [-0.15, -0.1) is 0 Å². The van der Waals surface area contributed by atoms with Crippen LogP contribution in [0.25, 0.3) is 156 Å². The molecule has 10 aromatic carbocycles. The molecule has 12 nitrogen and oxygen atoms in total. The molecule has 0 saturated carbocycles. The molecule has 16 aromatic rings. The second-order valence-electron chi connectivity index (χ2n) is 22.5. The predicted molar refractivity (Wildman–Crippen MR) is 342 cm³/mol. The summed E-state index contributed by atoms with van der Waals surface area (Å²) in [7, 11) is -0.535. The standard InChI is InChI=1S/C39H30BN3O4.C33H18ClN3O2/c1-38(2)39(3,4)47-40(46-38)30-15-10-14-29-28-20-18-25(22-33(28)45-34(29)30)37-42-35(23-11-6-5-7-12-23)41-36(43-37)24-17-19-27-26-13-8-9-16-31(26)44-32(27)21-24;34-26-11-6-10-25-24-16-14-21(18-29(24)39-30(25)26)33-36-31(19-7-2-1-3-8-19)35-32(37-33)20-13-15-23-22-9-4-5-12-27(22)38-28(23)17-20/h5-22H,1-4H3;1-18H. The molecule has 7 heterocycles. The Labute approximate surface area is 496 Å². The number of hydrogen-bond acceptors (Lipinski definition) is 12. The summed E-state index contributed by atoms with van der Waals surface area (Å²) in [6.07, 6.45) is 0. The van der Waals surface area contributed by atoms with Crippen molar-refractivity contribution in [2.45, 2.75) is 38.9 Å². The maximum absolute atomic E-state index is 6.56. The minimum Gasteiger partial charge on any atom is -0.456 e. The molecular weight excluding hydrogens is 1090 g/mol. The van der Waals surface area contributed by atoms with Crippen molar-refractivity contribution in [1.29, 1.82) is 0 Å². The van der Waals surface area contributed by atoms with Crippen LogP contribution in [-0.2, 0) is 9.31 Å². The fourth-order valence-corrected chi connectivity index (χ4v) is 11.7. The van der Waals surface area contributed by atoms with Gasteiger partial charge in [0.05, 0.1) is 16.2 Å². The van der Waals surface area contributed by atoms with Gasteiger partial charge in [-0.1, -0.05) is 163 Å². The molecule has 0 aliphatic carbocycles. The van der Waals surface area contributed by atoms with Gasteiger partial charge in [0.1, 0.15) is 39.1 Å². The van der Waals surface area contributed by atoms with E-state index >= 15 is 0 Å². The summed E-state index contributed by atoms with van der Waals surface area (Å²) in [5.74, 6) is 3.40. The smallest absolute Gasteiger partial charge is 0.456 e. The third-order valence-electron chi connectivity index (χ3n) is 16.6. The average molecular weight is 1140 g/mol. The quantitative estimate of drug-likeness (QED) is 0.140. The first kappa shape index (κ1) is 51.3. The van der Waals surface area contributed by atoms with Gasteiger partial charge < -0.3 is 27.0 Å². The highest BCUT2D eigenvalue weighted by Gasteiger charge is 2.52. The topological polar surface area (TPSA) is 148 Å². The summed E-state index contributed by atoms with van der Waals surface area (Å²) in [6, 6.07) is 72.1. The van der Waals surface area contributed by atoms with Crippen molar-refractivity contribution in [3.63, 3.8) is 0 Å². The normalized spacial score (nSPS) is 13.9. The molecule has 17 rings (SSSR count). The van der Waals surface area contributed by atoms with E-state index in [0.29, 0.717) is 45.6 Å². The SMILES string of the molecule is CC1(C)OB(c2cccc3c2oc2cc(-c4nc(-c5ccccc5)nc(-c5ccc6c(c5)oc5ccccc56)n4)ccc23)OC1(C)C.Clc1cccc2c1oc1cc(-c3nc(-c4ccccc4)nc(-c4ccc5c(c4)oc4ccccc45)n3)ccc12. The Morgan fingerprint density at radius 3 is 1.06 bits per heavy atom. The van der Waals surface area contributed by atoms with Gasteiger partial charge in [0.2, 0.25) is 0 Å². The number of aromatic nitrogens is 6. The fourth-order valence-electron chi connectivity index (χ4n) is 11.4. The molecule has 0 N–H and O–H groups in total. The number of nitrogens with zero attached hydrogens (tertiary/aromatic N) is 6. The van der Waals surface area contributed by atoms with Gasteiger partial charge in [-0.2, -0.15) is 0 Å². The van der Waals surface area contributed by atoms with Gasteiger partial charge in [0.25, 0.3) is 0 Å². The Morgan fingerprint density at radius 2 is 0.616 bits per heavy atom.